The first-order chi connectivity index (χ1) is 17.3. The first-order valence-corrected chi connectivity index (χ1v) is 13.3. The molecule has 0 saturated carbocycles. The number of likely N-dealkylation sites (N-methyl/N-ethyl adjacent to an activating group) is 1. The predicted molar refractivity (Wildman–Crippen MR) is 139 cm³/mol. The molecule has 1 fully saturated rings. The summed E-state index contributed by atoms with van der Waals surface area (Å²) in [5.74, 6) is -0.628. The van der Waals surface area contributed by atoms with Gasteiger partial charge < -0.3 is 15.1 Å². The van der Waals surface area contributed by atoms with Gasteiger partial charge in [-0.2, -0.15) is 4.31 Å². The highest BCUT2D eigenvalue weighted by Gasteiger charge is 2.29. The van der Waals surface area contributed by atoms with Gasteiger partial charge in [0.2, 0.25) is 10.0 Å². The number of piperazine rings is 1. The molecule has 1 N–H and O–H groups in total. The summed E-state index contributed by atoms with van der Waals surface area (Å²) in [7, 11) is 0.143. The van der Waals surface area contributed by atoms with Crippen molar-refractivity contribution in [3.63, 3.8) is 0 Å². The normalized spacial score (nSPS) is 15.6. The number of hydrogen-bond acceptors (Lipinski definition) is 5. The number of nitrogens with zero attached hydrogens (tertiary/aromatic N) is 3. The highest BCUT2D eigenvalue weighted by Crippen LogP contribution is 2.22. The van der Waals surface area contributed by atoms with Gasteiger partial charge in [0.25, 0.3) is 5.91 Å². The second-order valence-corrected chi connectivity index (χ2v) is 10.9. The Bertz CT molecular complexity index is 1280. The second kappa shape index (κ2) is 11.2. The smallest absolute Gasteiger partial charge is 0.251 e. The molecule has 9 heteroatoms. The molecular weight excluding hydrogens is 479 g/mol. The van der Waals surface area contributed by atoms with Crippen LogP contribution in [0.25, 0.3) is 0 Å². The molecule has 1 amide bonds. The first kappa shape index (κ1) is 25.8. The largest absolute Gasteiger partial charge is 0.369 e. The molecule has 3 aromatic rings. The van der Waals surface area contributed by atoms with Gasteiger partial charge in [0.05, 0.1) is 10.9 Å². The minimum Gasteiger partial charge on any atom is -0.369 e. The van der Waals surface area contributed by atoms with Crippen LogP contribution < -0.4 is 10.2 Å². The molecule has 0 aliphatic carbocycles. The van der Waals surface area contributed by atoms with Gasteiger partial charge in [-0.1, -0.05) is 36.4 Å². The molecule has 1 saturated heterocycles. The van der Waals surface area contributed by atoms with Crippen molar-refractivity contribution in [3.05, 3.63) is 95.8 Å². The molecule has 1 heterocycles. The van der Waals surface area contributed by atoms with E-state index in [4.69, 9.17) is 0 Å². The number of nitrogens with one attached hydrogen (secondary N) is 1. The van der Waals surface area contributed by atoms with Crippen LogP contribution in [-0.4, -0.2) is 70.3 Å². The lowest BCUT2D eigenvalue weighted by atomic mass is 10.1. The molecule has 36 heavy (non-hydrogen) atoms. The van der Waals surface area contributed by atoms with Gasteiger partial charge >= 0.3 is 0 Å². The van der Waals surface area contributed by atoms with Crippen molar-refractivity contribution in [1.29, 1.82) is 0 Å². The Balaban J connectivity index is 1.41. The second-order valence-electron chi connectivity index (χ2n) is 9.00. The third kappa shape index (κ3) is 5.92. The van der Waals surface area contributed by atoms with Gasteiger partial charge in [0.1, 0.15) is 5.82 Å². The summed E-state index contributed by atoms with van der Waals surface area (Å²) in [5.41, 5.74) is 2.24. The number of sulfonamides is 1. The van der Waals surface area contributed by atoms with Gasteiger partial charge in [0, 0.05) is 44.0 Å². The van der Waals surface area contributed by atoms with Crippen LogP contribution in [-0.2, 0) is 10.0 Å². The molecule has 0 spiro atoms. The van der Waals surface area contributed by atoms with Crippen LogP contribution in [0.15, 0.2) is 83.8 Å². The molecule has 0 aromatic heterocycles. The zero-order valence-corrected chi connectivity index (χ0v) is 21.3. The maximum Gasteiger partial charge on any atom is 0.251 e. The summed E-state index contributed by atoms with van der Waals surface area (Å²) in [6, 6.07) is 22.2. The SMILES string of the molecule is CN(C)C(CNC(=O)c1cccc(S(=O)(=O)N2CCN(c3ccc(F)cc3)CC2)c1)c1ccccc1. The van der Waals surface area contributed by atoms with Gasteiger partial charge in [0.15, 0.2) is 0 Å². The quantitative estimate of drug-likeness (QED) is 0.503. The Kier molecular flexibility index (Phi) is 8.03. The van der Waals surface area contributed by atoms with E-state index in [2.05, 4.69) is 5.32 Å². The molecule has 1 aliphatic heterocycles. The Morgan fingerprint density at radius 2 is 1.61 bits per heavy atom. The lowest BCUT2D eigenvalue weighted by molar-refractivity contribution is 0.0941. The third-order valence-corrected chi connectivity index (χ3v) is 8.32. The number of benzene rings is 3. The van der Waals surface area contributed by atoms with Gasteiger partial charge in [-0.25, -0.2) is 12.8 Å². The van der Waals surface area contributed by atoms with Crippen LogP contribution in [0.2, 0.25) is 0 Å². The van der Waals surface area contributed by atoms with E-state index in [1.165, 1.54) is 28.6 Å². The van der Waals surface area contributed by atoms with Gasteiger partial charge in [-0.15, -0.1) is 0 Å². The maximum atomic E-state index is 13.3. The van der Waals surface area contributed by atoms with Crippen molar-refractivity contribution < 1.29 is 17.6 Å². The lowest BCUT2D eigenvalue weighted by Crippen LogP contribution is -2.48. The van der Waals surface area contributed by atoms with Crippen LogP contribution in [0.4, 0.5) is 10.1 Å². The molecule has 0 radical (unpaired) electrons. The monoisotopic (exact) mass is 510 g/mol. The molecule has 1 unspecified atom stereocenters. The average molecular weight is 511 g/mol. The van der Waals surface area contributed by atoms with Crippen LogP contribution >= 0.6 is 0 Å². The van der Waals surface area contributed by atoms with E-state index in [0.29, 0.717) is 38.3 Å². The van der Waals surface area contributed by atoms with Crippen molar-refractivity contribution in [3.8, 4) is 0 Å². The minimum atomic E-state index is -3.76. The number of anilines is 1. The van der Waals surface area contributed by atoms with Crippen molar-refractivity contribution in [1.82, 2.24) is 14.5 Å². The fourth-order valence-corrected chi connectivity index (χ4v) is 5.82. The van der Waals surface area contributed by atoms with E-state index in [-0.39, 0.29) is 22.7 Å². The van der Waals surface area contributed by atoms with E-state index in [9.17, 15) is 17.6 Å². The van der Waals surface area contributed by atoms with E-state index in [1.54, 1.807) is 24.3 Å². The van der Waals surface area contributed by atoms with Gasteiger partial charge in [-0.05, 0) is 62.1 Å². The number of rotatable bonds is 8. The zero-order chi connectivity index (χ0) is 25.7. The Morgan fingerprint density at radius 3 is 2.25 bits per heavy atom. The van der Waals surface area contributed by atoms with Gasteiger partial charge in [-0.3, -0.25) is 4.79 Å². The third-order valence-electron chi connectivity index (χ3n) is 6.43. The summed E-state index contributed by atoms with van der Waals surface area (Å²) < 4.78 is 41.3. The fourth-order valence-electron chi connectivity index (χ4n) is 4.35. The van der Waals surface area contributed by atoms with Crippen molar-refractivity contribution in [2.24, 2.45) is 0 Å². The summed E-state index contributed by atoms with van der Waals surface area (Å²) >= 11 is 0. The highest BCUT2D eigenvalue weighted by molar-refractivity contribution is 7.89. The van der Waals surface area contributed by atoms with Crippen LogP contribution in [0, 0.1) is 5.82 Å². The van der Waals surface area contributed by atoms with Crippen molar-refractivity contribution in [2.45, 2.75) is 10.9 Å². The molecular formula is C27H31FN4O3S. The highest BCUT2D eigenvalue weighted by atomic mass is 32.2. The van der Waals surface area contributed by atoms with Crippen LogP contribution in [0.1, 0.15) is 22.0 Å². The lowest BCUT2D eigenvalue weighted by Gasteiger charge is -2.35. The number of amides is 1. The Morgan fingerprint density at radius 1 is 0.944 bits per heavy atom. The standard InChI is InChI=1S/C27H31FN4O3S/c1-30(2)26(21-7-4-3-5-8-21)20-29-27(33)22-9-6-10-25(19-22)36(34,35)32-17-15-31(16-18-32)24-13-11-23(28)12-14-24/h3-14,19,26H,15-18,20H2,1-2H3,(H,29,33). The van der Waals surface area contributed by atoms with E-state index >= 15 is 0 Å². The average Bonchev–Trinajstić information content (AvgIpc) is 2.90. The molecule has 0 bridgehead atoms. The predicted octanol–water partition coefficient (Wildman–Crippen LogP) is 3.37. The van der Waals surface area contributed by atoms with Crippen molar-refractivity contribution in [2.75, 3.05) is 51.7 Å². The summed E-state index contributed by atoms with van der Waals surface area (Å²) in [6.07, 6.45) is 0. The van der Waals surface area contributed by atoms with Crippen molar-refractivity contribution >= 4 is 21.6 Å². The molecule has 1 atom stereocenters. The van der Waals surface area contributed by atoms with E-state index in [1.807, 2.05) is 54.2 Å². The van der Waals surface area contributed by atoms with E-state index in [0.717, 1.165) is 11.3 Å². The minimum absolute atomic E-state index is 0.0144. The number of hydrogen-bond donors (Lipinski definition) is 1. The number of carbonyl (C=O) groups excluding carboxylic acids is 1. The molecule has 4 rings (SSSR count). The topological polar surface area (TPSA) is 73.0 Å². The maximum absolute atomic E-state index is 13.3. The zero-order valence-electron chi connectivity index (χ0n) is 20.5. The Labute approximate surface area is 212 Å². The fraction of sp³-hybridized carbons (Fsp3) is 0.296. The number of carbonyl (C=O) groups is 1. The molecule has 7 nitrogen and oxygen atoms in total. The summed E-state index contributed by atoms with van der Waals surface area (Å²) in [6.45, 7) is 1.99. The first-order valence-electron chi connectivity index (χ1n) is 11.9. The van der Waals surface area contributed by atoms with Crippen LogP contribution in [0.5, 0.6) is 0 Å². The molecule has 1 aliphatic rings. The van der Waals surface area contributed by atoms with E-state index < -0.39 is 10.0 Å². The summed E-state index contributed by atoms with van der Waals surface area (Å²) in [4.78, 5) is 17.1. The molecule has 3 aromatic carbocycles. The summed E-state index contributed by atoms with van der Waals surface area (Å²) in [5, 5.41) is 2.94. The Hall–Kier alpha value is -3.27. The van der Waals surface area contributed by atoms with Crippen LogP contribution in [0.3, 0.4) is 0 Å². The molecule has 190 valence electrons. The number of halogens is 1.